The van der Waals surface area contributed by atoms with Crippen molar-refractivity contribution in [2.45, 2.75) is 23.6 Å². The Hall–Kier alpha value is -3.48. The van der Waals surface area contributed by atoms with E-state index in [0.29, 0.717) is 10.5 Å². The minimum Gasteiger partial charge on any atom is -0.460 e. The van der Waals surface area contributed by atoms with Crippen molar-refractivity contribution in [1.82, 2.24) is 0 Å². The van der Waals surface area contributed by atoms with Crippen LogP contribution in [0.15, 0.2) is 57.4 Å². The number of hydrogen-bond acceptors (Lipinski definition) is 9. The van der Waals surface area contributed by atoms with Crippen molar-refractivity contribution < 1.29 is 29.1 Å². The lowest BCUT2D eigenvalue weighted by Crippen LogP contribution is -2.13. The van der Waals surface area contributed by atoms with Gasteiger partial charge in [0, 0.05) is 22.3 Å². The molecule has 0 radical (unpaired) electrons. The number of benzene rings is 2. The summed E-state index contributed by atoms with van der Waals surface area (Å²) in [6.45, 7) is 2.25. The number of aliphatic hydroxyl groups is 1. The van der Waals surface area contributed by atoms with Crippen LogP contribution in [0.4, 0.5) is 0 Å². The highest BCUT2D eigenvalue weighted by molar-refractivity contribution is 7.99. The summed E-state index contributed by atoms with van der Waals surface area (Å²) in [6.07, 6.45) is 0. The molecule has 8 nitrogen and oxygen atoms in total. The van der Waals surface area contributed by atoms with Crippen LogP contribution in [0.25, 0.3) is 0 Å². The number of nitriles is 1. The predicted octanol–water partition coefficient (Wildman–Crippen LogP) is 2.98. The number of ether oxygens (including phenoxy) is 1. The van der Waals surface area contributed by atoms with Crippen LogP contribution in [0.5, 0.6) is 0 Å². The average molecular weight is 426 g/mol. The summed E-state index contributed by atoms with van der Waals surface area (Å²) in [7, 11) is 0. The summed E-state index contributed by atoms with van der Waals surface area (Å²) < 4.78 is 4.85. The number of carbonyl (C=O) groups is 3. The summed E-state index contributed by atoms with van der Waals surface area (Å²) in [5, 5.41) is 21.6. The number of aliphatic hydroxyl groups excluding tert-OH is 1. The van der Waals surface area contributed by atoms with Gasteiger partial charge in [0.1, 0.15) is 12.3 Å². The monoisotopic (exact) mass is 426 g/mol. The molecule has 2 aromatic carbocycles. The van der Waals surface area contributed by atoms with Gasteiger partial charge in [0.05, 0.1) is 23.8 Å². The summed E-state index contributed by atoms with van der Waals surface area (Å²) >= 11 is 1.34. The van der Waals surface area contributed by atoms with E-state index >= 15 is 0 Å². The van der Waals surface area contributed by atoms with Gasteiger partial charge in [-0.05, 0) is 49.4 Å². The summed E-state index contributed by atoms with van der Waals surface area (Å²) in [4.78, 5) is 41.0. The zero-order valence-electron chi connectivity index (χ0n) is 16.2. The third-order valence-electron chi connectivity index (χ3n) is 3.65. The first kappa shape index (κ1) is 22.8. The fraction of sp³-hybridized carbons (Fsp3) is 0.190. The number of carbonyl (C=O) groups excluding carboxylic acids is 3. The van der Waals surface area contributed by atoms with E-state index in [0.717, 1.165) is 4.90 Å². The molecule has 0 aliphatic rings. The summed E-state index contributed by atoms with van der Waals surface area (Å²) in [5.74, 6) is -1.70. The minimum absolute atomic E-state index is 0.0502. The van der Waals surface area contributed by atoms with E-state index in [1.165, 1.54) is 31.7 Å². The molecular weight excluding hydrogens is 408 g/mol. The van der Waals surface area contributed by atoms with E-state index in [4.69, 9.17) is 9.84 Å². The Labute approximate surface area is 177 Å². The highest BCUT2D eigenvalue weighted by Crippen LogP contribution is 2.29. The van der Waals surface area contributed by atoms with Crippen molar-refractivity contribution in [2.24, 2.45) is 5.16 Å². The van der Waals surface area contributed by atoms with Crippen molar-refractivity contribution in [3.63, 3.8) is 0 Å². The third kappa shape index (κ3) is 6.27. The van der Waals surface area contributed by atoms with Gasteiger partial charge in [-0.2, -0.15) is 5.26 Å². The second kappa shape index (κ2) is 10.9. The lowest BCUT2D eigenvalue weighted by Gasteiger charge is -2.07. The second-order valence-corrected chi connectivity index (χ2v) is 7.04. The number of oxime groups is 1. The van der Waals surface area contributed by atoms with Crippen molar-refractivity contribution in [1.29, 1.82) is 5.26 Å². The molecule has 0 fully saturated rings. The van der Waals surface area contributed by atoms with Gasteiger partial charge in [0.2, 0.25) is 5.78 Å². The molecule has 2 aromatic rings. The number of hydrogen-bond donors (Lipinski definition) is 1. The molecule has 0 atom stereocenters. The molecule has 2 rings (SSSR count). The van der Waals surface area contributed by atoms with Crippen LogP contribution in [-0.4, -0.2) is 41.8 Å². The van der Waals surface area contributed by atoms with E-state index < -0.39 is 17.7 Å². The molecule has 9 heteroatoms. The first-order chi connectivity index (χ1) is 14.3. The van der Waals surface area contributed by atoms with Gasteiger partial charge < -0.3 is 14.7 Å². The van der Waals surface area contributed by atoms with Crippen LogP contribution < -0.4 is 0 Å². The van der Waals surface area contributed by atoms with Gasteiger partial charge >= 0.3 is 11.9 Å². The molecule has 0 unspecified atom stereocenters. The zero-order valence-corrected chi connectivity index (χ0v) is 17.1. The van der Waals surface area contributed by atoms with Crippen molar-refractivity contribution >= 4 is 35.2 Å². The smallest absolute Gasteiger partial charge is 0.338 e. The first-order valence-corrected chi connectivity index (χ1v) is 9.54. The van der Waals surface area contributed by atoms with Crippen LogP contribution in [0.3, 0.4) is 0 Å². The Bertz CT molecular complexity index is 1020. The van der Waals surface area contributed by atoms with Gasteiger partial charge in [-0.25, -0.2) is 9.59 Å². The van der Waals surface area contributed by atoms with E-state index in [1.54, 1.807) is 36.4 Å². The quantitative estimate of drug-likeness (QED) is 0.224. The highest BCUT2D eigenvalue weighted by Gasteiger charge is 2.16. The molecule has 0 heterocycles. The van der Waals surface area contributed by atoms with Gasteiger partial charge in [0.25, 0.3) is 0 Å². The Morgan fingerprint density at radius 3 is 2.37 bits per heavy atom. The molecule has 30 heavy (non-hydrogen) atoms. The molecule has 154 valence electrons. The normalized spacial score (nSPS) is 10.8. The SMILES string of the molecule is CC(=O)ON=C(C)C(=O)c1ccc(Sc2ccc(C(=O)OCCO)cc2)cc1C#N. The molecule has 0 aliphatic heterocycles. The molecule has 0 aromatic heterocycles. The lowest BCUT2D eigenvalue weighted by molar-refractivity contribution is -0.140. The van der Waals surface area contributed by atoms with Crippen LogP contribution in [0.1, 0.15) is 40.1 Å². The fourth-order valence-corrected chi connectivity index (χ4v) is 3.12. The van der Waals surface area contributed by atoms with Crippen molar-refractivity contribution in [2.75, 3.05) is 13.2 Å². The minimum atomic E-state index is -0.651. The number of nitrogens with zero attached hydrogens (tertiary/aromatic N) is 2. The molecule has 0 saturated heterocycles. The lowest BCUT2D eigenvalue weighted by atomic mass is 10.0. The Balaban J connectivity index is 2.16. The molecular formula is C21H18N2O6S. The molecule has 0 amide bonds. The second-order valence-electron chi connectivity index (χ2n) is 5.89. The van der Waals surface area contributed by atoms with Gasteiger partial charge in [-0.1, -0.05) is 16.9 Å². The zero-order chi connectivity index (χ0) is 22.1. The fourth-order valence-electron chi connectivity index (χ4n) is 2.26. The molecule has 0 bridgehead atoms. The van der Waals surface area contributed by atoms with Crippen LogP contribution in [-0.2, 0) is 14.4 Å². The van der Waals surface area contributed by atoms with E-state index in [9.17, 15) is 19.6 Å². The maximum absolute atomic E-state index is 12.4. The molecule has 0 saturated carbocycles. The van der Waals surface area contributed by atoms with Crippen molar-refractivity contribution in [3.8, 4) is 6.07 Å². The largest absolute Gasteiger partial charge is 0.460 e. The third-order valence-corrected chi connectivity index (χ3v) is 4.64. The van der Waals surface area contributed by atoms with Gasteiger partial charge in [0.15, 0.2) is 0 Å². The van der Waals surface area contributed by atoms with E-state index in [2.05, 4.69) is 9.99 Å². The molecule has 0 spiro atoms. The van der Waals surface area contributed by atoms with Gasteiger partial charge in [-0.3, -0.25) is 4.79 Å². The predicted molar refractivity (Wildman–Crippen MR) is 108 cm³/mol. The van der Waals surface area contributed by atoms with Crippen LogP contribution >= 0.6 is 11.8 Å². The van der Waals surface area contributed by atoms with E-state index in [-0.39, 0.29) is 30.1 Å². The van der Waals surface area contributed by atoms with Crippen LogP contribution in [0.2, 0.25) is 0 Å². The highest BCUT2D eigenvalue weighted by atomic mass is 32.2. The molecule has 1 N–H and O–H groups in total. The Kier molecular flexibility index (Phi) is 8.29. The maximum Gasteiger partial charge on any atom is 0.338 e. The topological polar surface area (TPSA) is 126 Å². The Morgan fingerprint density at radius 2 is 1.77 bits per heavy atom. The van der Waals surface area contributed by atoms with Crippen molar-refractivity contribution in [3.05, 3.63) is 59.2 Å². The van der Waals surface area contributed by atoms with E-state index in [1.807, 2.05) is 6.07 Å². The average Bonchev–Trinajstić information content (AvgIpc) is 2.75. The number of Topliss-reactive ketones (excluding diaryl/α,β-unsaturated/α-hetero) is 1. The summed E-state index contributed by atoms with van der Waals surface area (Å²) in [5.41, 5.74) is 0.614. The standard InChI is InChI=1S/C21H18N2O6S/c1-13(23-29-14(2)25)20(26)19-8-7-18(11-16(19)12-22)30-17-5-3-15(4-6-17)21(27)28-10-9-24/h3-8,11,24H,9-10H2,1-2H3. The number of esters is 1. The molecule has 0 aliphatic carbocycles. The first-order valence-electron chi connectivity index (χ1n) is 8.72. The number of rotatable bonds is 8. The van der Waals surface area contributed by atoms with Crippen LogP contribution in [0, 0.1) is 11.3 Å². The Morgan fingerprint density at radius 1 is 1.10 bits per heavy atom. The maximum atomic E-state index is 12.4. The summed E-state index contributed by atoms with van der Waals surface area (Å²) in [6, 6.07) is 13.4. The number of ketones is 1. The van der Waals surface area contributed by atoms with Gasteiger partial charge in [-0.15, -0.1) is 0 Å².